The molecule has 0 unspecified atom stereocenters. The number of pyridine rings is 1. The zero-order chi connectivity index (χ0) is 20.9. The number of ether oxygens (including phenoxy) is 1. The van der Waals surface area contributed by atoms with E-state index in [2.05, 4.69) is 15.2 Å². The van der Waals surface area contributed by atoms with E-state index < -0.39 is 0 Å². The third-order valence-electron chi connectivity index (χ3n) is 4.57. The Kier molecular flexibility index (Phi) is 6.30. The lowest BCUT2D eigenvalue weighted by atomic mass is 10.2. The van der Waals surface area contributed by atoms with E-state index in [1.807, 2.05) is 54.0 Å². The third-order valence-corrected chi connectivity index (χ3v) is 5.87. The van der Waals surface area contributed by atoms with Crippen LogP contribution in [0, 0.1) is 0 Å². The Hall–Kier alpha value is -2.90. The normalized spacial score (nSPS) is 11.0. The molecule has 0 saturated heterocycles. The first-order chi connectivity index (χ1) is 14.7. The molecule has 0 aliphatic heterocycles. The Morgan fingerprint density at radius 1 is 1.10 bits per heavy atom. The zero-order valence-electron chi connectivity index (χ0n) is 16.3. The Morgan fingerprint density at radius 3 is 2.73 bits per heavy atom. The minimum absolute atomic E-state index is 0.0581. The van der Waals surface area contributed by atoms with Crippen molar-refractivity contribution in [1.82, 2.24) is 19.7 Å². The number of carbonyl (C=O) groups is 1. The van der Waals surface area contributed by atoms with E-state index in [1.165, 1.54) is 11.8 Å². The second-order valence-corrected chi connectivity index (χ2v) is 7.80. The molecule has 0 aliphatic rings. The van der Waals surface area contributed by atoms with E-state index in [1.54, 1.807) is 18.3 Å². The predicted molar refractivity (Wildman–Crippen MR) is 118 cm³/mol. The number of aromatic nitrogens is 4. The standard InChI is InChI=1S/C22H19ClN4O2S/c1-2-27-20(13-29-19-11-10-17(23)16-9-6-12-24-21(16)19)25-26-22(27)30-14-18(28)15-7-4-3-5-8-15/h3-12H,2,13-14H2,1H3. The minimum atomic E-state index is 0.0581. The fourth-order valence-corrected chi connectivity index (χ4v) is 4.19. The quantitative estimate of drug-likeness (QED) is 0.283. The molecule has 0 saturated carbocycles. The van der Waals surface area contributed by atoms with Gasteiger partial charge in [-0.3, -0.25) is 9.78 Å². The maximum absolute atomic E-state index is 12.4. The van der Waals surface area contributed by atoms with E-state index in [0.29, 0.717) is 45.1 Å². The summed E-state index contributed by atoms with van der Waals surface area (Å²) in [5, 5.41) is 10.7. The van der Waals surface area contributed by atoms with Gasteiger partial charge in [-0.2, -0.15) is 0 Å². The number of rotatable bonds is 8. The first-order valence-electron chi connectivity index (χ1n) is 9.46. The number of thioether (sulfide) groups is 1. The lowest BCUT2D eigenvalue weighted by molar-refractivity contribution is 0.102. The fourth-order valence-electron chi connectivity index (χ4n) is 3.06. The summed E-state index contributed by atoms with van der Waals surface area (Å²) >= 11 is 7.63. The number of hydrogen-bond acceptors (Lipinski definition) is 6. The van der Waals surface area contributed by atoms with Crippen molar-refractivity contribution >= 4 is 40.0 Å². The van der Waals surface area contributed by atoms with E-state index in [4.69, 9.17) is 16.3 Å². The Labute approximate surface area is 183 Å². The number of hydrogen-bond donors (Lipinski definition) is 0. The van der Waals surface area contributed by atoms with Crippen molar-refractivity contribution in [3.8, 4) is 5.75 Å². The highest BCUT2D eigenvalue weighted by atomic mass is 35.5. The molecule has 0 amide bonds. The number of nitrogens with zero attached hydrogens (tertiary/aromatic N) is 4. The molecule has 0 aliphatic carbocycles. The molecule has 8 heteroatoms. The highest BCUT2D eigenvalue weighted by molar-refractivity contribution is 7.99. The van der Waals surface area contributed by atoms with Gasteiger partial charge in [0.2, 0.25) is 0 Å². The van der Waals surface area contributed by atoms with Crippen LogP contribution in [0.15, 0.2) is 66.0 Å². The summed E-state index contributed by atoms with van der Waals surface area (Å²) in [6.07, 6.45) is 1.71. The van der Waals surface area contributed by atoms with Gasteiger partial charge in [0.1, 0.15) is 17.9 Å². The third kappa shape index (κ3) is 4.32. The van der Waals surface area contributed by atoms with Gasteiger partial charge in [0.15, 0.2) is 16.8 Å². The lowest BCUT2D eigenvalue weighted by Gasteiger charge is -2.11. The maximum atomic E-state index is 12.4. The molecule has 0 N–H and O–H groups in total. The van der Waals surface area contributed by atoms with Crippen molar-refractivity contribution in [1.29, 1.82) is 0 Å². The Balaban J connectivity index is 1.47. The van der Waals surface area contributed by atoms with Gasteiger partial charge < -0.3 is 9.30 Å². The van der Waals surface area contributed by atoms with Gasteiger partial charge in [0.05, 0.1) is 10.8 Å². The molecule has 4 aromatic rings. The van der Waals surface area contributed by atoms with Gasteiger partial charge in [0, 0.05) is 23.7 Å². The summed E-state index contributed by atoms with van der Waals surface area (Å²) in [6.45, 7) is 2.92. The van der Waals surface area contributed by atoms with Crippen LogP contribution in [0.4, 0.5) is 0 Å². The van der Waals surface area contributed by atoms with Gasteiger partial charge >= 0.3 is 0 Å². The van der Waals surface area contributed by atoms with Gasteiger partial charge in [0.25, 0.3) is 0 Å². The van der Waals surface area contributed by atoms with Crippen LogP contribution in [-0.2, 0) is 13.2 Å². The highest BCUT2D eigenvalue weighted by Crippen LogP contribution is 2.30. The maximum Gasteiger partial charge on any atom is 0.191 e. The summed E-state index contributed by atoms with van der Waals surface area (Å²) in [7, 11) is 0. The Bertz CT molecular complexity index is 1180. The molecule has 0 spiro atoms. The van der Waals surface area contributed by atoms with Crippen molar-refractivity contribution in [2.24, 2.45) is 0 Å². The van der Waals surface area contributed by atoms with E-state index in [0.717, 1.165) is 5.39 Å². The summed E-state index contributed by atoms with van der Waals surface area (Å²) in [5.74, 6) is 1.68. The lowest BCUT2D eigenvalue weighted by Crippen LogP contribution is -2.08. The van der Waals surface area contributed by atoms with Crippen LogP contribution in [0.1, 0.15) is 23.1 Å². The number of Topliss-reactive ketones (excluding diaryl/α,β-unsaturated/α-hetero) is 1. The smallest absolute Gasteiger partial charge is 0.191 e. The monoisotopic (exact) mass is 438 g/mol. The second kappa shape index (κ2) is 9.28. The number of fused-ring (bicyclic) bond motifs is 1. The van der Waals surface area contributed by atoms with E-state index in [-0.39, 0.29) is 12.4 Å². The molecule has 30 heavy (non-hydrogen) atoms. The molecule has 2 aromatic carbocycles. The van der Waals surface area contributed by atoms with Crippen molar-refractivity contribution < 1.29 is 9.53 Å². The molecule has 152 valence electrons. The topological polar surface area (TPSA) is 69.9 Å². The largest absolute Gasteiger partial charge is 0.483 e. The number of benzene rings is 2. The fraction of sp³-hybridized carbons (Fsp3) is 0.182. The van der Waals surface area contributed by atoms with Crippen molar-refractivity contribution in [3.63, 3.8) is 0 Å². The summed E-state index contributed by atoms with van der Waals surface area (Å²) in [5.41, 5.74) is 1.40. The minimum Gasteiger partial charge on any atom is -0.483 e. The van der Waals surface area contributed by atoms with Crippen LogP contribution >= 0.6 is 23.4 Å². The molecule has 0 atom stereocenters. The van der Waals surface area contributed by atoms with Crippen LogP contribution in [0.25, 0.3) is 10.9 Å². The molecule has 0 radical (unpaired) electrons. The molecule has 0 fully saturated rings. The van der Waals surface area contributed by atoms with Crippen LogP contribution in [-0.4, -0.2) is 31.3 Å². The van der Waals surface area contributed by atoms with Gasteiger partial charge in [-0.25, -0.2) is 0 Å². The summed E-state index contributed by atoms with van der Waals surface area (Å²) < 4.78 is 7.94. The molecule has 4 rings (SSSR count). The van der Waals surface area contributed by atoms with Crippen molar-refractivity contribution in [2.45, 2.75) is 25.2 Å². The van der Waals surface area contributed by atoms with Crippen molar-refractivity contribution in [3.05, 3.63) is 77.2 Å². The molecule has 0 bridgehead atoms. The SMILES string of the molecule is CCn1c(COc2ccc(Cl)c3cccnc23)nnc1SCC(=O)c1ccccc1. The molecule has 6 nitrogen and oxygen atoms in total. The van der Waals surface area contributed by atoms with E-state index in [9.17, 15) is 4.79 Å². The number of carbonyl (C=O) groups excluding carboxylic acids is 1. The van der Waals surface area contributed by atoms with E-state index >= 15 is 0 Å². The summed E-state index contributed by atoms with van der Waals surface area (Å²) in [6, 6.07) is 16.6. The average Bonchev–Trinajstić information content (AvgIpc) is 3.19. The molecule has 2 aromatic heterocycles. The second-order valence-electron chi connectivity index (χ2n) is 6.45. The molecular formula is C22H19ClN4O2S. The highest BCUT2D eigenvalue weighted by Gasteiger charge is 2.15. The van der Waals surface area contributed by atoms with Gasteiger partial charge in [-0.1, -0.05) is 53.7 Å². The van der Waals surface area contributed by atoms with Crippen molar-refractivity contribution in [2.75, 3.05) is 5.75 Å². The number of halogens is 1. The van der Waals surface area contributed by atoms with Gasteiger partial charge in [-0.05, 0) is 31.2 Å². The molecular weight excluding hydrogens is 420 g/mol. The van der Waals surface area contributed by atoms with Crippen LogP contribution in [0.3, 0.4) is 0 Å². The Morgan fingerprint density at radius 2 is 1.93 bits per heavy atom. The first-order valence-corrected chi connectivity index (χ1v) is 10.8. The zero-order valence-corrected chi connectivity index (χ0v) is 17.9. The average molecular weight is 439 g/mol. The number of ketones is 1. The molecule has 2 heterocycles. The van der Waals surface area contributed by atoms with Gasteiger partial charge in [-0.15, -0.1) is 10.2 Å². The summed E-state index contributed by atoms with van der Waals surface area (Å²) in [4.78, 5) is 16.8. The predicted octanol–water partition coefficient (Wildman–Crippen LogP) is 5.05. The first kappa shape index (κ1) is 20.4. The van der Waals surface area contributed by atoms with Crippen LogP contribution < -0.4 is 4.74 Å². The van der Waals surface area contributed by atoms with Crippen LogP contribution in [0.2, 0.25) is 5.02 Å². The van der Waals surface area contributed by atoms with Crippen LogP contribution in [0.5, 0.6) is 5.75 Å².